The predicted molar refractivity (Wildman–Crippen MR) is 101 cm³/mol. The van der Waals surface area contributed by atoms with Gasteiger partial charge in [0.05, 0.1) is 24.7 Å². The molecule has 2 aliphatic heterocycles. The zero-order chi connectivity index (χ0) is 19.0. The third-order valence-electron chi connectivity index (χ3n) is 4.71. The van der Waals surface area contributed by atoms with Crippen molar-refractivity contribution in [2.75, 3.05) is 53.5 Å². The molecule has 4 rings (SSSR count). The van der Waals surface area contributed by atoms with E-state index >= 15 is 0 Å². The number of ether oxygens (including phenoxy) is 1. The van der Waals surface area contributed by atoms with Gasteiger partial charge < -0.3 is 15.4 Å². The van der Waals surface area contributed by atoms with Gasteiger partial charge in [0.25, 0.3) is 0 Å². The van der Waals surface area contributed by atoms with E-state index in [2.05, 4.69) is 15.0 Å². The summed E-state index contributed by atoms with van der Waals surface area (Å²) < 4.78 is 31.9. The average molecular weight is 391 g/mol. The number of nitrogens with two attached hydrogens (primary N) is 1. The van der Waals surface area contributed by atoms with Crippen LogP contribution in [-0.4, -0.2) is 67.0 Å². The maximum atomic E-state index is 12.5. The Kier molecular flexibility index (Phi) is 4.56. The molecule has 1 saturated heterocycles. The summed E-state index contributed by atoms with van der Waals surface area (Å²) in [6.07, 6.45) is 3.74. The molecule has 0 bridgehead atoms. The van der Waals surface area contributed by atoms with Crippen molar-refractivity contribution in [2.24, 2.45) is 0 Å². The highest BCUT2D eigenvalue weighted by Gasteiger charge is 2.34. The number of aromatic nitrogens is 4. The van der Waals surface area contributed by atoms with E-state index in [4.69, 9.17) is 15.5 Å². The minimum atomic E-state index is -3.42. The van der Waals surface area contributed by atoms with Gasteiger partial charge in [-0.3, -0.25) is 4.31 Å². The van der Waals surface area contributed by atoms with E-state index in [9.17, 15) is 8.42 Å². The van der Waals surface area contributed by atoms with Crippen LogP contribution in [0.15, 0.2) is 12.4 Å². The summed E-state index contributed by atoms with van der Waals surface area (Å²) in [4.78, 5) is 19.4. The van der Waals surface area contributed by atoms with E-state index in [0.29, 0.717) is 62.3 Å². The molecule has 0 unspecified atom stereocenters. The second-order valence-electron chi connectivity index (χ2n) is 6.33. The molecule has 0 spiro atoms. The Morgan fingerprint density at radius 3 is 2.52 bits per heavy atom. The van der Waals surface area contributed by atoms with Crippen molar-refractivity contribution in [1.82, 2.24) is 19.9 Å². The van der Waals surface area contributed by atoms with Gasteiger partial charge in [-0.15, -0.1) is 0 Å². The highest BCUT2D eigenvalue weighted by molar-refractivity contribution is 7.92. The number of morpholine rings is 1. The molecule has 0 saturated carbocycles. The maximum absolute atomic E-state index is 12.5. The van der Waals surface area contributed by atoms with Crippen LogP contribution in [0.2, 0.25) is 0 Å². The molecule has 144 valence electrons. The molecule has 0 amide bonds. The van der Waals surface area contributed by atoms with Gasteiger partial charge in [0, 0.05) is 43.2 Å². The zero-order valence-corrected chi connectivity index (χ0v) is 15.8. The van der Waals surface area contributed by atoms with E-state index in [0.717, 1.165) is 5.56 Å². The van der Waals surface area contributed by atoms with Crippen LogP contribution in [0, 0.1) is 0 Å². The highest BCUT2D eigenvalue weighted by atomic mass is 32.2. The molecule has 27 heavy (non-hydrogen) atoms. The lowest BCUT2D eigenvalue weighted by Crippen LogP contribution is -2.38. The van der Waals surface area contributed by atoms with E-state index in [1.165, 1.54) is 4.31 Å². The second kappa shape index (κ2) is 6.89. The SMILES string of the molecule is CCS(=O)(=O)N1CCc2c(-c3cnc(N)nc3)nc(N3CCOCC3)nc21. The molecular weight excluding hydrogens is 370 g/mol. The van der Waals surface area contributed by atoms with Crippen LogP contribution in [0.1, 0.15) is 12.5 Å². The van der Waals surface area contributed by atoms with Crippen LogP contribution in [0.25, 0.3) is 11.3 Å². The topological polar surface area (TPSA) is 127 Å². The fourth-order valence-electron chi connectivity index (χ4n) is 3.25. The van der Waals surface area contributed by atoms with Crippen LogP contribution < -0.4 is 14.9 Å². The summed E-state index contributed by atoms with van der Waals surface area (Å²) in [6, 6.07) is 0. The Labute approximate surface area is 157 Å². The van der Waals surface area contributed by atoms with Gasteiger partial charge in [0.15, 0.2) is 5.82 Å². The molecule has 0 aromatic carbocycles. The second-order valence-corrected chi connectivity index (χ2v) is 8.51. The average Bonchev–Trinajstić information content (AvgIpc) is 3.13. The third-order valence-corrected chi connectivity index (χ3v) is 6.47. The summed E-state index contributed by atoms with van der Waals surface area (Å²) in [5.74, 6) is 1.12. The fraction of sp³-hybridized carbons (Fsp3) is 0.500. The van der Waals surface area contributed by atoms with Crippen LogP contribution in [-0.2, 0) is 21.2 Å². The Hall–Kier alpha value is -2.53. The number of rotatable bonds is 4. The molecule has 0 aliphatic carbocycles. The minimum absolute atomic E-state index is 0.0175. The van der Waals surface area contributed by atoms with Gasteiger partial charge in [0.1, 0.15) is 0 Å². The first-order valence-corrected chi connectivity index (χ1v) is 10.4. The minimum Gasteiger partial charge on any atom is -0.378 e. The summed E-state index contributed by atoms with van der Waals surface area (Å²) >= 11 is 0. The smallest absolute Gasteiger partial charge is 0.236 e. The quantitative estimate of drug-likeness (QED) is 0.769. The summed E-state index contributed by atoms with van der Waals surface area (Å²) in [6.45, 7) is 4.45. The third kappa shape index (κ3) is 3.28. The lowest BCUT2D eigenvalue weighted by atomic mass is 10.1. The number of hydrogen-bond acceptors (Lipinski definition) is 9. The first kappa shape index (κ1) is 17.9. The van der Waals surface area contributed by atoms with Crippen LogP contribution in [0.4, 0.5) is 17.7 Å². The molecule has 2 N–H and O–H groups in total. The summed E-state index contributed by atoms with van der Waals surface area (Å²) in [5, 5.41) is 0. The molecule has 1 fully saturated rings. The lowest BCUT2D eigenvalue weighted by Gasteiger charge is -2.28. The van der Waals surface area contributed by atoms with E-state index < -0.39 is 10.0 Å². The first-order chi connectivity index (χ1) is 13.0. The molecule has 0 radical (unpaired) electrons. The number of nitrogens with zero attached hydrogens (tertiary/aromatic N) is 6. The summed E-state index contributed by atoms with van der Waals surface area (Å²) in [5.41, 5.74) is 7.72. The number of anilines is 3. The fourth-order valence-corrected chi connectivity index (χ4v) is 4.34. The van der Waals surface area contributed by atoms with Crippen molar-refractivity contribution in [3.05, 3.63) is 18.0 Å². The first-order valence-electron chi connectivity index (χ1n) is 8.81. The number of nitrogen functional groups attached to an aromatic ring is 1. The van der Waals surface area contributed by atoms with Crippen LogP contribution in [0.3, 0.4) is 0 Å². The predicted octanol–water partition coefficient (Wildman–Crippen LogP) is 0.0646. The van der Waals surface area contributed by atoms with Crippen molar-refractivity contribution in [1.29, 1.82) is 0 Å². The number of hydrogen-bond donors (Lipinski definition) is 1. The number of fused-ring (bicyclic) bond motifs is 1. The van der Waals surface area contributed by atoms with Gasteiger partial charge in [-0.05, 0) is 13.3 Å². The van der Waals surface area contributed by atoms with E-state index in [-0.39, 0.29) is 11.7 Å². The molecule has 2 aromatic rings. The van der Waals surface area contributed by atoms with Gasteiger partial charge in [-0.2, -0.15) is 4.98 Å². The Bertz CT molecular complexity index is 943. The normalized spacial score (nSPS) is 17.2. The molecule has 2 aliphatic rings. The van der Waals surface area contributed by atoms with Crippen molar-refractivity contribution >= 4 is 27.7 Å². The van der Waals surface area contributed by atoms with Crippen LogP contribution in [0.5, 0.6) is 0 Å². The largest absolute Gasteiger partial charge is 0.378 e. The Morgan fingerprint density at radius 1 is 1.15 bits per heavy atom. The van der Waals surface area contributed by atoms with Gasteiger partial charge >= 0.3 is 0 Å². The van der Waals surface area contributed by atoms with Crippen LogP contribution >= 0.6 is 0 Å². The van der Waals surface area contributed by atoms with Crippen molar-refractivity contribution in [3.8, 4) is 11.3 Å². The van der Waals surface area contributed by atoms with Gasteiger partial charge in [0.2, 0.25) is 21.9 Å². The Morgan fingerprint density at radius 2 is 1.85 bits per heavy atom. The van der Waals surface area contributed by atoms with Crippen molar-refractivity contribution in [3.63, 3.8) is 0 Å². The van der Waals surface area contributed by atoms with Gasteiger partial charge in [-0.25, -0.2) is 23.4 Å². The molecule has 11 heteroatoms. The lowest BCUT2D eigenvalue weighted by molar-refractivity contribution is 0.122. The monoisotopic (exact) mass is 391 g/mol. The summed E-state index contributed by atoms with van der Waals surface area (Å²) in [7, 11) is -3.42. The molecular formula is C16H21N7O3S. The van der Waals surface area contributed by atoms with E-state index in [1.807, 2.05) is 4.90 Å². The molecule has 2 aromatic heterocycles. The highest BCUT2D eigenvalue weighted by Crippen LogP contribution is 2.36. The van der Waals surface area contributed by atoms with Gasteiger partial charge in [-0.1, -0.05) is 0 Å². The molecule has 10 nitrogen and oxygen atoms in total. The number of sulfonamides is 1. The van der Waals surface area contributed by atoms with E-state index in [1.54, 1.807) is 19.3 Å². The molecule has 4 heterocycles. The zero-order valence-electron chi connectivity index (χ0n) is 15.0. The van der Waals surface area contributed by atoms with Crippen molar-refractivity contribution in [2.45, 2.75) is 13.3 Å². The maximum Gasteiger partial charge on any atom is 0.236 e. The van der Waals surface area contributed by atoms with Crippen molar-refractivity contribution < 1.29 is 13.2 Å². The standard InChI is InChI=1S/C16H21N7O3S/c1-2-27(24,25)23-4-3-12-13(11-9-18-15(17)19-10-11)20-16(21-14(12)23)22-5-7-26-8-6-22/h9-10H,2-8H2,1H3,(H2,17,18,19). The Balaban J connectivity index is 1.86. The molecule has 0 atom stereocenters.